The minimum atomic E-state index is -4.36. The maximum atomic E-state index is 12.2. The van der Waals surface area contributed by atoms with Crippen molar-refractivity contribution in [2.45, 2.75) is 38.5 Å². The van der Waals surface area contributed by atoms with Gasteiger partial charge in [-0.1, -0.05) is 24.3 Å². The first-order valence-electron chi connectivity index (χ1n) is 9.81. The molecule has 0 atom stereocenters. The minimum Gasteiger partial charge on any atom is -0.484 e. The molecule has 1 aromatic carbocycles. The summed E-state index contributed by atoms with van der Waals surface area (Å²) in [4.78, 5) is 0. The molecule has 162 valence electrons. The standard InChI is InChI=1S/C21H27F3O5/c1-2-3-15-10-25-19(26-11-15)9-4-16-12-27-20(28-13-16)17-5-7-18(8-6-17)29-14-21(22,23)24/h2-3,5-8,15-16,19-20H,4,9-14H2,1H3. The smallest absolute Gasteiger partial charge is 0.422 e. The number of allylic oxidation sites excluding steroid dienone is 1. The molecule has 0 saturated carbocycles. The molecule has 0 aromatic heterocycles. The van der Waals surface area contributed by atoms with Crippen LogP contribution >= 0.6 is 0 Å². The Hall–Kier alpha value is -1.61. The lowest BCUT2D eigenvalue weighted by Gasteiger charge is -2.32. The number of alkyl halides is 3. The molecule has 0 unspecified atom stereocenters. The van der Waals surface area contributed by atoms with Crippen molar-refractivity contribution in [2.75, 3.05) is 33.0 Å². The number of halogens is 3. The lowest BCUT2D eigenvalue weighted by atomic mass is 10.0. The maximum absolute atomic E-state index is 12.2. The predicted octanol–water partition coefficient (Wildman–Crippen LogP) is 4.63. The highest BCUT2D eigenvalue weighted by Gasteiger charge is 2.29. The predicted molar refractivity (Wildman–Crippen MR) is 99.4 cm³/mol. The third kappa shape index (κ3) is 7.29. The Kier molecular flexibility index (Phi) is 7.94. The van der Waals surface area contributed by atoms with Gasteiger partial charge in [0, 0.05) is 17.4 Å². The molecule has 0 spiro atoms. The van der Waals surface area contributed by atoms with Gasteiger partial charge in [-0.25, -0.2) is 0 Å². The molecule has 2 heterocycles. The quantitative estimate of drug-likeness (QED) is 0.607. The topological polar surface area (TPSA) is 46.2 Å². The summed E-state index contributed by atoms with van der Waals surface area (Å²) in [6.07, 6.45) is 0.698. The lowest BCUT2D eigenvalue weighted by molar-refractivity contribution is -0.217. The highest BCUT2D eigenvalue weighted by atomic mass is 19.4. The summed E-state index contributed by atoms with van der Waals surface area (Å²) in [7, 11) is 0. The minimum absolute atomic E-state index is 0.156. The third-order valence-electron chi connectivity index (χ3n) is 4.79. The highest BCUT2D eigenvalue weighted by Crippen LogP contribution is 2.29. The Balaban J connectivity index is 1.36. The Morgan fingerprint density at radius 1 is 0.966 bits per heavy atom. The van der Waals surface area contributed by atoms with E-state index in [1.54, 1.807) is 12.1 Å². The fourth-order valence-electron chi connectivity index (χ4n) is 3.27. The molecule has 0 bridgehead atoms. The van der Waals surface area contributed by atoms with E-state index in [4.69, 9.17) is 23.7 Å². The second-order valence-electron chi connectivity index (χ2n) is 7.30. The normalized spacial score (nSPS) is 28.6. The van der Waals surface area contributed by atoms with Gasteiger partial charge in [-0.15, -0.1) is 0 Å². The van der Waals surface area contributed by atoms with Gasteiger partial charge in [0.05, 0.1) is 26.4 Å². The van der Waals surface area contributed by atoms with Crippen molar-refractivity contribution in [3.8, 4) is 5.75 Å². The van der Waals surface area contributed by atoms with E-state index in [1.165, 1.54) is 12.1 Å². The summed E-state index contributed by atoms with van der Waals surface area (Å²) >= 11 is 0. The van der Waals surface area contributed by atoms with Crippen LogP contribution in [0.5, 0.6) is 5.75 Å². The molecular formula is C21H27F3O5. The highest BCUT2D eigenvalue weighted by molar-refractivity contribution is 5.28. The Bertz CT molecular complexity index is 631. The molecule has 0 aliphatic carbocycles. The van der Waals surface area contributed by atoms with E-state index >= 15 is 0 Å². The fraction of sp³-hybridized carbons (Fsp3) is 0.619. The van der Waals surface area contributed by atoms with Crippen molar-refractivity contribution in [1.82, 2.24) is 0 Å². The van der Waals surface area contributed by atoms with Crippen molar-refractivity contribution in [3.05, 3.63) is 42.0 Å². The molecule has 5 nitrogen and oxygen atoms in total. The molecule has 8 heteroatoms. The monoisotopic (exact) mass is 416 g/mol. The molecule has 2 fully saturated rings. The van der Waals surface area contributed by atoms with Gasteiger partial charge in [-0.2, -0.15) is 13.2 Å². The average Bonchev–Trinajstić information content (AvgIpc) is 2.72. The van der Waals surface area contributed by atoms with Crippen molar-refractivity contribution in [1.29, 1.82) is 0 Å². The van der Waals surface area contributed by atoms with E-state index in [2.05, 4.69) is 6.08 Å². The molecule has 0 N–H and O–H groups in total. The maximum Gasteiger partial charge on any atom is 0.422 e. The van der Waals surface area contributed by atoms with Crippen molar-refractivity contribution in [2.24, 2.45) is 11.8 Å². The van der Waals surface area contributed by atoms with Crippen LogP contribution in [0.2, 0.25) is 0 Å². The zero-order chi connectivity index (χ0) is 20.7. The zero-order valence-electron chi connectivity index (χ0n) is 16.4. The Morgan fingerprint density at radius 3 is 2.21 bits per heavy atom. The van der Waals surface area contributed by atoms with Gasteiger partial charge in [0.1, 0.15) is 5.75 Å². The summed E-state index contributed by atoms with van der Waals surface area (Å²) in [5, 5.41) is 0. The molecule has 3 rings (SSSR count). The van der Waals surface area contributed by atoms with Crippen LogP contribution in [-0.2, 0) is 18.9 Å². The van der Waals surface area contributed by atoms with E-state index in [0.717, 1.165) is 18.4 Å². The number of hydrogen-bond donors (Lipinski definition) is 0. The second kappa shape index (κ2) is 10.4. The first-order chi connectivity index (χ1) is 13.9. The number of rotatable bonds is 7. The molecule has 2 aliphatic heterocycles. The summed E-state index contributed by atoms with van der Waals surface area (Å²) in [6.45, 7) is 3.12. The SMILES string of the molecule is CC=CC1COC(CCC2COC(c3ccc(OCC(F)(F)F)cc3)OC2)OC1. The van der Waals surface area contributed by atoms with E-state index < -0.39 is 19.1 Å². The second-order valence-corrected chi connectivity index (χ2v) is 7.30. The summed E-state index contributed by atoms with van der Waals surface area (Å²) in [5.41, 5.74) is 0.747. The molecular weight excluding hydrogens is 389 g/mol. The summed E-state index contributed by atoms with van der Waals surface area (Å²) in [5.74, 6) is 0.730. The number of ether oxygens (including phenoxy) is 5. The largest absolute Gasteiger partial charge is 0.484 e. The van der Waals surface area contributed by atoms with Crippen LogP contribution in [-0.4, -0.2) is 45.5 Å². The van der Waals surface area contributed by atoms with Gasteiger partial charge < -0.3 is 23.7 Å². The number of benzene rings is 1. The van der Waals surface area contributed by atoms with Crippen molar-refractivity contribution < 1.29 is 36.9 Å². The number of hydrogen-bond acceptors (Lipinski definition) is 5. The first kappa shape index (κ1) is 22.1. The molecule has 29 heavy (non-hydrogen) atoms. The first-order valence-corrected chi connectivity index (χ1v) is 9.81. The van der Waals surface area contributed by atoms with Gasteiger partial charge in [-0.05, 0) is 31.9 Å². The third-order valence-corrected chi connectivity index (χ3v) is 4.79. The molecule has 1 aromatic rings. The molecule has 0 radical (unpaired) electrons. The van der Waals surface area contributed by atoms with E-state index in [0.29, 0.717) is 32.3 Å². The summed E-state index contributed by atoms with van der Waals surface area (Å²) in [6, 6.07) is 6.28. The van der Waals surface area contributed by atoms with Gasteiger partial charge in [0.25, 0.3) is 0 Å². The van der Waals surface area contributed by atoms with Crippen LogP contribution in [0.25, 0.3) is 0 Å². The van der Waals surface area contributed by atoms with Crippen LogP contribution < -0.4 is 4.74 Å². The average molecular weight is 416 g/mol. The van der Waals surface area contributed by atoms with Crippen LogP contribution in [0, 0.1) is 11.8 Å². The lowest BCUT2D eigenvalue weighted by Crippen LogP contribution is -2.33. The zero-order valence-corrected chi connectivity index (χ0v) is 16.4. The molecule has 0 amide bonds. The van der Waals surface area contributed by atoms with Gasteiger partial charge in [-0.3, -0.25) is 0 Å². The summed E-state index contributed by atoms with van der Waals surface area (Å²) < 4.78 is 64.3. The van der Waals surface area contributed by atoms with Crippen LogP contribution in [0.1, 0.15) is 31.6 Å². The van der Waals surface area contributed by atoms with E-state index in [9.17, 15) is 13.2 Å². The van der Waals surface area contributed by atoms with Gasteiger partial charge in [0.15, 0.2) is 19.2 Å². The molecule has 2 aliphatic rings. The Morgan fingerprint density at radius 2 is 1.62 bits per heavy atom. The van der Waals surface area contributed by atoms with Crippen LogP contribution in [0.3, 0.4) is 0 Å². The van der Waals surface area contributed by atoms with E-state index in [1.807, 2.05) is 13.0 Å². The van der Waals surface area contributed by atoms with Crippen molar-refractivity contribution >= 4 is 0 Å². The van der Waals surface area contributed by atoms with Gasteiger partial charge in [0.2, 0.25) is 0 Å². The van der Waals surface area contributed by atoms with Crippen LogP contribution in [0.4, 0.5) is 13.2 Å². The Labute approximate surface area is 168 Å². The van der Waals surface area contributed by atoms with Crippen molar-refractivity contribution in [3.63, 3.8) is 0 Å². The fourth-order valence-corrected chi connectivity index (χ4v) is 3.27. The van der Waals surface area contributed by atoms with Crippen LogP contribution in [0.15, 0.2) is 36.4 Å². The molecule has 2 saturated heterocycles. The van der Waals surface area contributed by atoms with Gasteiger partial charge >= 0.3 is 6.18 Å². The van der Waals surface area contributed by atoms with E-state index in [-0.39, 0.29) is 18.0 Å².